The minimum Gasteiger partial charge on any atom is -0.399 e. The summed E-state index contributed by atoms with van der Waals surface area (Å²) in [6.07, 6.45) is 1.67. The average molecular weight is 272 g/mol. The number of pyridine rings is 2. The second-order valence-corrected chi connectivity index (χ2v) is 4.76. The number of rotatable bonds is 2. The van der Waals surface area contributed by atoms with Crippen LogP contribution in [0.25, 0.3) is 0 Å². The fraction of sp³-hybridized carbons (Fsp3) is 0. The van der Waals surface area contributed by atoms with Crippen molar-refractivity contribution in [3.63, 3.8) is 0 Å². The van der Waals surface area contributed by atoms with Crippen molar-refractivity contribution in [2.24, 2.45) is 0 Å². The van der Waals surface area contributed by atoms with Gasteiger partial charge in [-0.05, 0) is 36.0 Å². The lowest BCUT2D eigenvalue weighted by atomic mass is 10.4. The van der Waals surface area contributed by atoms with Crippen LogP contribution in [0.15, 0.2) is 40.5 Å². The molecular weight excluding hydrogens is 265 g/mol. The molecular formula is C10H7Cl2N3S. The molecule has 0 bridgehead atoms. The fourth-order valence-electron chi connectivity index (χ4n) is 1.09. The number of hydrogen-bond acceptors (Lipinski definition) is 4. The van der Waals surface area contributed by atoms with E-state index in [1.807, 2.05) is 0 Å². The van der Waals surface area contributed by atoms with E-state index in [-0.39, 0.29) is 0 Å². The predicted octanol–water partition coefficient (Wildman–Crippen LogP) is 3.52. The van der Waals surface area contributed by atoms with Crippen molar-refractivity contribution >= 4 is 40.7 Å². The second-order valence-electron chi connectivity index (χ2n) is 2.95. The van der Waals surface area contributed by atoms with Crippen molar-refractivity contribution in [3.8, 4) is 0 Å². The zero-order chi connectivity index (χ0) is 11.5. The van der Waals surface area contributed by atoms with Crippen LogP contribution < -0.4 is 5.73 Å². The smallest absolute Gasteiger partial charge is 0.132 e. The second kappa shape index (κ2) is 4.91. The van der Waals surface area contributed by atoms with Crippen LogP contribution >= 0.6 is 35.0 Å². The Balaban J connectivity index is 2.30. The quantitative estimate of drug-likeness (QED) is 0.850. The summed E-state index contributed by atoms with van der Waals surface area (Å²) in [5.41, 5.74) is 6.22. The van der Waals surface area contributed by atoms with Gasteiger partial charge in [-0.25, -0.2) is 9.97 Å². The minimum atomic E-state index is 0.356. The normalized spacial score (nSPS) is 10.4. The number of nitrogens with two attached hydrogens (primary N) is 1. The van der Waals surface area contributed by atoms with E-state index in [9.17, 15) is 0 Å². The Bertz CT molecular complexity index is 499. The molecule has 0 aromatic carbocycles. The molecule has 2 aromatic rings. The molecule has 0 atom stereocenters. The van der Waals surface area contributed by atoms with Gasteiger partial charge in [-0.15, -0.1) is 0 Å². The largest absolute Gasteiger partial charge is 0.399 e. The van der Waals surface area contributed by atoms with E-state index >= 15 is 0 Å². The minimum absolute atomic E-state index is 0.356. The third-order valence-electron chi connectivity index (χ3n) is 1.72. The van der Waals surface area contributed by atoms with Gasteiger partial charge in [-0.3, -0.25) is 0 Å². The molecule has 2 heterocycles. The molecule has 0 radical (unpaired) electrons. The summed E-state index contributed by atoms with van der Waals surface area (Å²) in [6, 6.07) is 6.85. The zero-order valence-corrected chi connectivity index (χ0v) is 10.4. The Kier molecular flexibility index (Phi) is 3.53. The fourth-order valence-corrected chi connectivity index (χ4v) is 2.41. The molecule has 0 aliphatic heterocycles. The van der Waals surface area contributed by atoms with Crippen molar-refractivity contribution in [1.82, 2.24) is 9.97 Å². The van der Waals surface area contributed by atoms with Crippen molar-refractivity contribution in [1.29, 1.82) is 0 Å². The van der Waals surface area contributed by atoms with Gasteiger partial charge >= 0.3 is 0 Å². The molecule has 0 saturated heterocycles. The Morgan fingerprint density at radius 3 is 2.75 bits per heavy atom. The van der Waals surface area contributed by atoms with Gasteiger partial charge in [0.05, 0.1) is 5.02 Å². The van der Waals surface area contributed by atoms with Crippen LogP contribution in [0.2, 0.25) is 10.2 Å². The first-order chi connectivity index (χ1) is 7.65. The number of nitrogen functional groups attached to an aromatic ring is 1. The maximum atomic E-state index is 5.98. The summed E-state index contributed by atoms with van der Waals surface area (Å²) in [7, 11) is 0. The molecule has 3 nitrogen and oxygen atoms in total. The number of anilines is 1. The van der Waals surface area contributed by atoms with Crippen molar-refractivity contribution < 1.29 is 0 Å². The van der Waals surface area contributed by atoms with Gasteiger partial charge in [0.2, 0.25) is 0 Å². The van der Waals surface area contributed by atoms with E-state index < -0.39 is 0 Å². The van der Waals surface area contributed by atoms with Crippen LogP contribution in [0.5, 0.6) is 0 Å². The predicted molar refractivity (Wildman–Crippen MR) is 67.0 cm³/mol. The monoisotopic (exact) mass is 271 g/mol. The Morgan fingerprint density at radius 1 is 1.25 bits per heavy atom. The first kappa shape index (κ1) is 11.5. The maximum Gasteiger partial charge on any atom is 0.132 e. The van der Waals surface area contributed by atoms with Gasteiger partial charge in [0.15, 0.2) is 0 Å². The topological polar surface area (TPSA) is 51.8 Å². The van der Waals surface area contributed by atoms with Gasteiger partial charge < -0.3 is 5.73 Å². The van der Waals surface area contributed by atoms with E-state index in [1.54, 1.807) is 30.5 Å². The summed E-state index contributed by atoms with van der Waals surface area (Å²) in [5.74, 6) is 0. The van der Waals surface area contributed by atoms with E-state index in [0.717, 1.165) is 0 Å². The third kappa shape index (κ3) is 2.78. The van der Waals surface area contributed by atoms with Crippen LogP contribution in [0.4, 0.5) is 5.69 Å². The highest BCUT2D eigenvalue weighted by Gasteiger charge is 2.06. The Labute approximate surface area is 107 Å². The maximum absolute atomic E-state index is 5.98. The molecule has 2 aromatic heterocycles. The van der Waals surface area contributed by atoms with Gasteiger partial charge in [-0.2, -0.15) is 0 Å². The van der Waals surface area contributed by atoms with Crippen LogP contribution in [-0.4, -0.2) is 9.97 Å². The van der Waals surface area contributed by atoms with Gasteiger partial charge in [0.25, 0.3) is 0 Å². The zero-order valence-electron chi connectivity index (χ0n) is 8.02. The standard InChI is InChI=1S/C10H7Cl2N3S/c11-7-2-1-3-14-10(7)16-9-5-6(13)4-8(12)15-9/h1-5H,(H2,13,15). The Hall–Kier alpha value is -0.970. The lowest BCUT2D eigenvalue weighted by molar-refractivity contribution is 1.09. The molecule has 0 saturated carbocycles. The van der Waals surface area contributed by atoms with E-state index in [4.69, 9.17) is 28.9 Å². The highest BCUT2D eigenvalue weighted by atomic mass is 35.5. The van der Waals surface area contributed by atoms with E-state index in [1.165, 1.54) is 11.8 Å². The van der Waals surface area contributed by atoms with Crippen molar-refractivity contribution in [2.45, 2.75) is 10.1 Å². The van der Waals surface area contributed by atoms with Crippen LogP contribution in [0.3, 0.4) is 0 Å². The van der Waals surface area contributed by atoms with Crippen LogP contribution in [0.1, 0.15) is 0 Å². The van der Waals surface area contributed by atoms with Gasteiger partial charge in [0, 0.05) is 11.9 Å². The van der Waals surface area contributed by atoms with Crippen molar-refractivity contribution in [2.75, 3.05) is 5.73 Å². The third-order valence-corrected chi connectivity index (χ3v) is 3.27. The highest BCUT2D eigenvalue weighted by molar-refractivity contribution is 7.99. The summed E-state index contributed by atoms with van der Waals surface area (Å²) >= 11 is 13.1. The molecule has 0 amide bonds. The SMILES string of the molecule is Nc1cc(Cl)nc(Sc2ncccc2Cl)c1. The van der Waals surface area contributed by atoms with E-state index in [0.29, 0.717) is 25.9 Å². The molecule has 0 spiro atoms. The number of halogens is 2. The van der Waals surface area contributed by atoms with Gasteiger partial charge in [-0.1, -0.05) is 23.2 Å². The number of nitrogens with zero attached hydrogens (tertiary/aromatic N) is 2. The Morgan fingerprint density at radius 2 is 2.06 bits per heavy atom. The first-order valence-electron chi connectivity index (χ1n) is 4.36. The molecule has 0 aliphatic rings. The lowest BCUT2D eigenvalue weighted by Gasteiger charge is -2.03. The molecule has 6 heteroatoms. The number of aromatic nitrogens is 2. The average Bonchev–Trinajstić information content (AvgIpc) is 2.20. The summed E-state index contributed by atoms with van der Waals surface area (Å²) in [6.45, 7) is 0. The van der Waals surface area contributed by atoms with Crippen LogP contribution in [0, 0.1) is 0 Å². The molecule has 0 fully saturated rings. The number of hydrogen-bond donors (Lipinski definition) is 1. The van der Waals surface area contributed by atoms with Crippen LogP contribution in [-0.2, 0) is 0 Å². The summed E-state index contributed by atoms with van der Waals surface area (Å²) in [4.78, 5) is 8.26. The molecule has 0 aliphatic carbocycles. The van der Waals surface area contributed by atoms with Crippen molar-refractivity contribution in [3.05, 3.63) is 40.6 Å². The molecule has 0 unspecified atom stereocenters. The highest BCUT2D eigenvalue weighted by Crippen LogP contribution is 2.31. The molecule has 82 valence electrons. The first-order valence-corrected chi connectivity index (χ1v) is 5.94. The molecule has 2 N–H and O–H groups in total. The lowest BCUT2D eigenvalue weighted by Crippen LogP contribution is -1.89. The molecule has 2 rings (SSSR count). The molecule has 16 heavy (non-hydrogen) atoms. The summed E-state index contributed by atoms with van der Waals surface area (Å²) < 4.78 is 0. The summed E-state index contributed by atoms with van der Waals surface area (Å²) in [5, 5.41) is 2.28. The van der Waals surface area contributed by atoms with Gasteiger partial charge in [0.1, 0.15) is 15.2 Å². The van der Waals surface area contributed by atoms with E-state index in [2.05, 4.69) is 9.97 Å².